The summed E-state index contributed by atoms with van der Waals surface area (Å²) < 4.78 is 4.57. The summed E-state index contributed by atoms with van der Waals surface area (Å²) in [6, 6.07) is 5.10. The number of likely N-dealkylation sites (tertiary alicyclic amines) is 1. The lowest BCUT2D eigenvalue weighted by Crippen LogP contribution is -2.54. The lowest BCUT2D eigenvalue weighted by molar-refractivity contribution is -0.153. The van der Waals surface area contributed by atoms with Crippen molar-refractivity contribution in [2.75, 3.05) is 31.2 Å². The third-order valence-electron chi connectivity index (χ3n) is 7.17. The number of aliphatic hydroxyl groups excluding tert-OH is 1. The summed E-state index contributed by atoms with van der Waals surface area (Å²) >= 11 is 1.51. The van der Waals surface area contributed by atoms with Crippen LogP contribution in [0, 0.1) is 25.7 Å². The second-order valence-electron chi connectivity index (χ2n) is 9.07. The molecule has 0 aromatic heterocycles. The monoisotopic (exact) mass is 468 g/mol. The first-order chi connectivity index (χ1) is 15.9. The van der Waals surface area contributed by atoms with Gasteiger partial charge in [0.05, 0.1) is 29.8 Å². The van der Waals surface area contributed by atoms with E-state index in [1.807, 2.05) is 56.4 Å². The number of cyclic esters (lactones) is 1. The number of anilines is 1. The van der Waals surface area contributed by atoms with Crippen LogP contribution < -0.4 is 4.90 Å². The summed E-state index contributed by atoms with van der Waals surface area (Å²) in [5.74, 6) is -2.19. The molecule has 2 saturated heterocycles. The zero-order valence-electron chi connectivity index (χ0n) is 18.8. The summed E-state index contributed by atoms with van der Waals surface area (Å²) in [5.41, 5.74) is 2.81. The number of para-hydroxylation sites is 1. The number of amides is 2. The van der Waals surface area contributed by atoms with Crippen LogP contribution in [0.5, 0.6) is 0 Å². The first-order valence-corrected chi connectivity index (χ1v) is 12.3. The van der Waals surface area contributed by atoms with Crippen LogP contribution in [0.4, 0.5) is 5.69 Å². The van der Waals surface area contributed by atoms with Gasteiger partial charge in [0.15, 0.2) is 0 Å². The van der Waals surface area contributed by atoms with Gasteiger partial charge >= 0.3 is 5.97 Å². The number of hydrogen-bond donors (Lipinski definition) is 1. The van der Waals surface area contributed by atoms with Gasteiger partial charge in [-0.1, -0.05) is 42.5 Å². The van der Waals surface area contributed by atoms with Crippen LogP contribution in [0.15, 0.2) is 42.5 Å². The van der Waals surface area contributed by atoms with Crippen LogP contribution in [0.25, 0.3) is 0 Å². The van der Waals surface area contributed by atoms with Crippen LogP contribution in [0.3, 0.4) is 0 Å². The summed E-state index contributed by atoms with van der Waals surface area (Å²) in [6.45, 7) is 4.41. The van der Waals surface area contributed by atoms with Gasteiger partial charge in [-0.2, -0.15) is 0 Å². The molecule has 0 saturated carbocycles. The van der Waals surface area contributed by atoms with Crippen LogP contribution in [-0.4, -0.2) is 70.1 Å². The van der Waals surface area contributed by atoms with Gasteiger partial charge in [0.2, 0.25) is 5.91 Å². The Hall–Kier alpha value is -2.58. The van der Waals surface area contributed by atoms with Gasteiger partial charge in [0, 0.05) is 24.0 Å². The van der Waals surface area contributed by atoms with Gasteiger partial charge in [-0.15, -0.1) is 11.8 Å². The minimum Gasteiger partial charge on any atom is -0.465 e. The maximum absolute atomic E-state index is 14.2. The third kappa shape index (κ3) is 3.26. The van der Waals surface area contributed by atoms with E-state index in [0.29, 0.717) is 13.0 Å². The van der Waals surface area contributed by atoms with E-state index < -0.39 is 22.6 Å². The number of benzene rings is 1. The molecule has 8 heteroatoms. The van der Waals surface area contributed by atoms with E-state index in [4.69, 9.17) is 4.74 Å². The molecule has 4 aliphatic heterocycles. The smallest absolute Gasteiger partial charge is 0.311 e. The Morgan fingerprint density at radius 1 is 1.15 bits per heavy atom. The topological polar surface area (TPSA) is 87.2 Å². The second-order valence-corrected chi connectivity index (χ2v) is 10.6. The van der Waals surface area contributed by atoms with Crippen molar-refractivity contribution >= 4 is 35.2 Å². The number of esters is 1. The highest BCUT2D eigenvalue weighted by Crippen LogP contribution is 2.60. The molecule has 0 radical (unpaired) electrons. The first kappa shape index (κ1) is 22.2. The van der Waals surface area contributed by atoms with Crippen molar-refractivity contribution < 1.29 is 24.2 Å². The van der Waals surface area contributed by atoms with Crippen molar-refractivity contribution in [3.63, 3.8) is 0 Å². The van der Waals surface area contributed by atoms with Gasteiger partial charge < -0.3 is 19.6 Å². The Kier molecular flexibility index (Phi) is 5.61. The molecule has 1 aromatic carbocycles. The number of thioether (sulfide) groups is 1. The van der Waals surface area contributed by atoms with Crippen molar-refractivity contribution in [1.29, 1.82) is 0 Å². The van der Waals surface area contributed by atoms with Crippen molar-refractivity contribution in [1.82, 2.24) is 4.90 Å². The number of ether oxygens (including phenoxy) is 1. The van der Waals surface area contributed by atoms with E-state index >= 15 is 0 Å². The minimum atomic E-state index is -0.891. The molecule has 33 heavy (non-hydrogen) atoms. The van der Waals surface area contributed by atoms with Crippen LogP contribution >= 0.6 is 11.8 Å². The highest BCUT2D eigenvalue weighted by molar-refractivity contribution is 8.02. The first-order valence-electron chi connectivity index (χ1n) is 11.4. The molecule has 7 nitrogen and oxygen atoms in total. The molecule has 2 amide bonds. The number of aliphatic hydroxyl groups is 1. The fourth-order valence-electron chi connectivity index (χ4n) is 5.89. The maximum atomic E-state index is 14.2. The summed E-state index contributed by atoms with van der Waals surface area (Å²) in [7, 11) is 0. The van der Waals surface area contributed by atoms with Crippen LogP contribution in [-0.2, 0) is 19.1 Å². The average molecular weight is 469 g/mol. The lowest BCUT2D eigenvalue weighted by atomic mass is 9.78. The Balaban J connectivity index is 1.64. The highest BCUT2D eigenvalue weighted by atomic mass is 32.2. The van der Waals surface area contributed by atoms with Gasteiger partial charge in [0.25, 0.3) is 5.91 Å². The molecule has 1 unspecified atom stereocenters. The summed E-state index contributed by atoms with van der Waals surface area (Å²) in [4.78, 5) is 44.2. The summed E-state index contributed by atoms with van der Waals surface area (Å²) in [6.07, 6.45) is 8.55. The van der Waals surface area contributed by atoms with Crippen LogP contribution in [0.2, 0.25) is 0 Å². The van der Waals surface area contributed by atoms with E-state index in [0.717, 1.165) is 16.8 Å². The molecule has 1 aromatic rings. The van der Waals surface area contributed by atoms with Crippen LogP contribution in [0.1, 0.15) is 17.5 Å². The number of rotatable bonds is 3. The highest BCUT2D eigenvalue weighted by Gasteiger charge is 2.71. The van der Waals surface area contributed by atoms with Crippen molar-refractivity contribution in [3.05, 3.63) is 53.6 Å². The summed E-state index contributed by atoms with van der Waals surface area (Å²) in [5, 5.41) is 9.50. The number of fused-ring (bicyclic) bond motifs is 2. The van der Waals surface area contributed by atoms with E-state index in [1.54, 1.807) is 4.90 Å². The third-order valence-corrected chi connectivity index (χ3v) is 8.91. The largest absolute Gasteiger partial charge is 0.465 e. The number of carbonyl (C=O) groups excluding carboxylic acids is 3. The zero-order chi connectivity index (χ0) is 23.3. The minimum absolute atomic E-state index is 0.0464. The molecule has 5 rings (SSSR count). The fourth-order valence-corrected chi connectivity index (χ4v) is 7.89. The van der Waals surface area contributed by atoms with Gasteiger partial charge in [-0.25, -0.2) is 0 Å². The number of hydrogen-bond acceptors (Lipinski definition) is 6. The zero-order valence-corrected chi connectivity index (χ0v) is 19.6. The van der Waals surface area contributed by atoms with Crippen molar-refractivity contribution in [2.24, 2.45) is 11.8 Å². The number of aryl methyl sites for hydroxylation is 2. The molecule has 1 N–H and O–H groups in total. The predicted molar refractivity (Wildman–Crippen MR) is 126 cm³/mol. The Morgan fingerprint density at radius 3 is 2.64 bits per heavy atom. The predicted octanol–water partition coefficient (Wildman–Crippen LogP) is 2.00. The van der Waals surface area contributed by atoms with Crippen molar-refractivity contribution in [2.45, 2.75) is 36.3 Å². The lowest BCUT2D eigenvalue weighted by Gasteiger charge is -2.35. The molecule has 2 fully saturated rings. The molecule has 4 heterocycles. The Bertz CT molecular complexity index is 1050. The molecule has 1 spiro atoms. The van der Waals surface area contributed by atoms with Gasteiger partial charge in [-0.05, 0) is 31.4 Å². The quantitative estimate of drug-likeness (QED) is 0.539. The average Bonchev–Trinajstić information content (AvgIpc) is 3.14. The number of nitrogens with zero attached hydrogens (tertiary/aromatic N) is 2. The number of β-amino-alcohol motifs (C(OH)–C–C–N with tert-alkyl or cyclic N) is 1. The number of carbonyl (C=O) groups is 3. The molecule has 174 valence electrons. The van der Waals surface area contributed by atoms with E-state index in [9.17, 15) is 19.5 Å². The van der Waals surface area contributed by atoms with E-state index in [1.165, 1.54) is 16.7 Å². The second kappa shape index (κ2) is 8.33. The molecule has 0 aliphatic carbocycles. The molecular weight excluding hydrogens is 440 g/mol. The van der Waals surface area contributed by atoms with Gasteiger partial charge in [0.1, 0.15) is 6.04 Å². The molecule has 4 aliphatic rings. The Morgan fingerprint density at radius 2 is 1.91 bits per heavy atom. The van der Waals surface area contributed by atoms with E-state index in [-0.39, 0.29) is 42.8 Å². The Labute approximate surface area is 197 Å². The SMILES string of the molecule is Cc1cccc(C)c1N1CC=C[C@]23S[C@@H]4C=CCCOC(=O)[C@@H]4[C@H]2C(=O)N(CCO)C3C1=O. The molecular formula is C25H28N2O5S. The molecule has 5 atom stereocenters. The van der Waals surface area contributed by atoms with E-state index in [2.05, 4.69) is 0 Å². The fraction of sp³-hybridized carbons (Fsp3) is 0.480. The standard InChI is InChI=1S/C25H28N2O5S/c1-15-7-5-8-16(2)20(15)26-11-6-10-25-19(22(29)27(12-13-28)21(25)23(26)30)18-17(33-25)9-3-4-14-32-24(18)31/h3,5-10,17-19,21,28H,4,11-14H2,1-2H3/t17-,18+,19+,21?,25+/m1/s1. The molecule has 0 bridgehead atoms. The maximum Gasteiger partial charge on any atom is 0.311 e. The van der Waals surface area contributed by atoms with Gasteiger partial charge in [-0.3, -0.25) is 14.4 Å². The normalized spacial score (nSPS) is 33.2. The van der Waals surface area contributed by atoms with Crippen molar-refractivity contribution in [3.8, 4) is 0 Å².